The van der Waals surface area contributed by atoms with Crippen LogP contribution in [0.5, 0.6) is 5.75 Å². The minimum Gasteiger partial charge on any atom is -0.494 e. The molecule has 0 unspecified atom stereocenters. The van der Waals surface area contributed by atoms with E-state index in [2.05, 4.69) is 4.98 Å². The molecular formula is C21H28N2O5. The van der Waals surface area contributed by atoms with Gasteiger partial charge in [-0.15, -0.1) is 0 Å². The largest absolute Gasteiger partial charge is 0.494 e. The molecule has 0 bridgehead atoms. The molecule has 7 nitrogen and oxygen atoms in total. The topological polar surface area (TPSA) is 91.9 Å². The van der Waals surface area contributed by atoms with Crippen LogP contribution in [-0.4, -0.2) is 47.1 Å². The van der Waals surface area contributed by atoms with Crippen molar-refractivity contribution in [3.8, 4) is 5.75 Å². The number of aromatic amines is 1. The first-order valence-corrected chi connectivity index (χ1v) is 9.24. The summed E-state index contributed by atoms with van der Waals surface area (Å²) in [7, 11) is 1.65. The number of aryl methyl sites for hydroxylation is 1. The number of ether oxygens (including phenoxy) is 2. The zero-order valence-corrected chi connectivity index (χ0v) is 17.0. The van der Waals surface area contributed by atoms with E-state index in [-0.39, 0.29) is 18.2 Å². The molecule has 0 aliphatic rings. The van der Waals surface area contributed by atoms with Crippen LogP contribution in [0.1, 0.15) is 52.8 Å². The maximum atomic E-state index is 12.3. The van der Waals surface area contributed by atoms with Gasteiger partial charge >= 0.3 is 5.97 Å². The number of rotatable bonds is 8. The molecule has 0 saturated heterocycles. The Morgan fingerprint density at radius 1 is 1.21 bits per heavy atom. The zero-order chi connectivity index (χ0) is 20.8. The van der Waals surface area contributed by atoms with E-state index in [1.165, 1.54) is 4.90 Å². The number of aliphatic hydroxyl groups is 1. The first-order chi connectivity index (χ1) is 13.2. The molecular weight excluding hydrogens is 360 g/mol. The Morgan fingerprint density at radius 3 is 2.39 bits per heavy atom. The minimum absolute atomic E-state index is 0.260. The number of likely N-dealkylation sites (N-methyl/N-ethyl adjacent to an activating group) is 1. The van der Waals surface area contributed by atoms with E-state index in [0.717, 1.165) is 11.3 Å². The van der Waals surface area contributed by atoms with E-state index in [1.807, 2.05) is 31.2 Å². The molecule has 0 radical (unpaired) electrons. The molecule has 1 aromatic carbocycles. The van der Waals surface area contributed by atoms with Crippen molar-refractivity contribution in [1.29, 1.82) is 0 Å². The van der Waals surface area contributed by atoms with Crippen molar-refractivity contribution in [2.45, 2.75) is 40.3 Å². The van der Waals surface area contributed by atoms with Crippen molar-refractivity contribution in [3.05, 3.63) is 52.3 Å². The number of carbonyl (C=O) groups excluding carboxylic acids is 2. The molecule has 28 heavy (non-hydrogen) atoms. The Balaban J connectivity index is 1.92. The number of esters is 1. The van der Waals surface area contributed by atoms with Crippen molar-refractivity contribution in [3.63, 3.8) is 0 Å². The average molecular weight is 388 g/mol. The molecule has 152 valence electrons. The summed E-state index contributed by atoms with van der Waals surface area (Å²) in [5, 5.41) is 9.82. The lowest BCUT2D eigenvalue weighted by Gasteiger charge is -2.17. The van der Waals surface area contributed by atoms with Gasteiger partial charge in [0.1, 0.15) is 11.4 Å². The van der Waals surface area contributed by atoms with Crippen LogP contribution >= 0.6 is 0 Å². The SMILES string of the molecule is CCOc1ccc(CN(C)C(=O)COC(=O)c2[nH]c(C)c([C@@H](C)O)c2C)cc1. The van der Waals surface area contributed by atoms with Gasteiger partial charge < -0.3 is 24.5 Å². The molecule has 0 aliphatic carbocycles. The summed E-state index contributed by atoms with van der Waals surface area (Å²) in [4.78, 5) is 29.0. The summed E-state index contributed by atoms with van der Waals surface area (Å²) in [6.07, 6.45) is -0.695. The second-order valence-corrected chi connectivity index (χ2v) is 6.74. The Bertz CT molecular complexity index is 824. The first-order valence-electron chi connectivity index (χ1n) is 9.24. The number of aromatic nitrogens is 1. The number of carbonyl (C=O) groups is 2. The van der Waals surface area contributed by atoms with Gasteiger partial charge in [-0.3, -0.25) is 4.79 Å². The van der Waals surface area contributed by atoms with Gasteiger partial charge in [-0.25, -0.2) is 4.79 Å². The van der Waals surface area contributed by atoms with Crippen LogP contribution in [0.3, 0.4) is 0 Å². The predicted octanol–water partition coefficient (Wildman–Crippen LogP) is 2.90. The van der Waals surface area contributed by atoms with Gasteiger partial charge in [0.2, 0.25) is 0 Å². The monoisotopic (exact) mass is 388 g/mol. The smallest absolute Gasteiger partial charge is 0.355 e. The number of nitrogens with zero attached hydrogens (tertiary/aromatic N) is 1. The van der Waals surface area contributed by atoms with Crippen LogP contribution in [0.4, 0.5) is 0 Å². The van der Waals surface area contributed by atoms with Crippen molar-refractivity contribution >= 4 is 11.9 Å². The molecule has 1 heterocycles. The number of hydrogen-bond acceptors (Lipinski definition) is 5. The summed E-state index contributed by atoms with van der Waals surface area (Å²) >= 11 is 0. The third-order valence-electron chi connectivity index (χ3n) is 4.52. The van der Waals surface area contributed by atoms with Gasteiger partial charge in [-0.05, 0) is 51.0 Å². The van der Waals surface area contributed by atoms with Crippen molar-refractivity contribution in [2.24, 2.45) is 0 Å². The van der Waals surface area contributed by atoms with Crippen molar-refractivity contribution < 1.29 is 24.2 Å². The number of nitrogens with one attached hydrogen (secondary N) is 1. The molecule has 0 spiro atoms. The fraction of sp³-hybridized carbons (Fsp3) is 0.429. The maximum Gasteiger partial charge on any atom is 0.355 e. The lowest BCUT2D eigenvalue weighted by Crippen LogP contribution is -2.31. The van der Waals surface area contributed by atoms with E-state index in [0.29, 0.717) is 30.0 Å². The fourth-order valence-electron chi connectivity index (χ4n) is 3.12. The van der Waals surface area contributed by atoms with Crippen LogP contribution < -0.4 is 4.74 Å². The number of amides is 1. The van der Waals surface area contributed by atoms with Crippen molar-refractivity contribution in [2.75, 3.05) is 20.3 Å². The third kappa shape index (κ3) is 5.13. The zero-order valence-electron chi connectivity index (χ0n) is 17.0. The van der Waals surface area contributed by atoms with E-state index in [9.17, 15) is 14.7 Å². The Labute approximate surface area is 165 Å². The highest BCUT2D eigenvalue weighted by Gasteiger charge is 2.22. The minimum atomic E-state index is -0.695. The molecule has 2 rings (SSSR count). The first kappa shape index (κ1) is 21.5. The van der Waals surface area contributed by atoms with Gasteiger partial charge in [0.15, 0.2) is 6.61 Å². The summed E-state index contributed by atoms with van der Waals surface area (Å²) in [6, 6.07) is 7.49. The highest BCUT2D eigenvalue weighted by atomic mass is 16.5. The molecule has 2 aromatic rings. The average Bonchev–Trinajstić information content (AvgIpc) is 2.95. The number of benzene rings is 1. The standard InChI is InChI=1S/C21H28N2O5/c1-6-27-17-9-7-16(8-10-17)11-23(5)18(25)12-28-21(26)20-13(2)19(15(4)24)14(3)22-20/h7-10,15,22,24H,6,11-12H2,1-5H3/t15-/m1/s1. The second kappa shape index (κ2) is 9.41. The van der Waals surface area contributed by atoms with Gasteiger partial charge in [0.05, 0.1) is 12.7 Å². The summed E-state index contributed by atoms with van der Waals surface area (Å²) in [5.41, 5.74) is 3.22. The van der Waals surface area contributed by atoms with E-state index < -0.39 is 12.1 Å². The van der Waals surface area contributed by atoms with Crippen molar-refractivity contribution in [1.82, 2.24) is 9.88 Å². The Hall–Kier alpha value is -2.80. The van der Waals surface area contributed by atoms with Crippen LogP contribution in [0.2, 0.25) is 0 Å². The Morgan fingerprint density at radius 2 is 1.86 bits per heavy atom. The van der Waals surface area contributed by atoms with E-state index >= 15 is 0 Å². The molecule has 1 atom stereocenters. The number of H-pyrrole nitrogens is 1. The predicted molar refractivity (Wildman–Crippen MR) is 105 cm³/mol. The highest BCUT2D eigenvalue weighted by molar-refractivity contribution is 5.91. The molecule has 0 saturated carbocycles. The quantitative estimate of drug-likeness (QED) is 0.679. The highest BCUT2D eigenvalue weighted by Crippen LogP contribution is 2.24. The molecule has 1 aromatic heterocycles. The van der Waals surface area contributed by atoms with Gasteiger partial charge in [-0.1, -0.05) is 12.1 Å². The van der Waals surface area contributed by atoms with Gasteiger partial charge in [-0.2, -0.15) is 0 Å². The molecule has 0 fully saturated rings. The van der Waals surface area contributed by atoms with Crippen LogP contribution in [0, 0.1) is 13.8 Å². The Kier molecular flexibility index (Phi) is 7.23. The lowest BCUT2D eigenvalue weighted by atomic mass is 10.1. The second-order valence-electron chi connectivity index (χ2n) is 6.74. The molecule has 2 N–H and O–H groups in total. The molecule has 1 amide bonds. The number of hydrogen-bond donors (Lipinski definition) is 2. The molecule has 7 heteroatoms. The normalized spacial score (nSPS) is 11.8. The number of aliphatic hydroxyl groups excluding tert-OH is 1. The van der Waals surface area contributed by atoms with E-state index in [1.54, 1.807) is 27.8 Å². The lowest BCUT2D eigenvalue weighted by molar-refractivity contribution is -0.133. The fourth-order valence-corrected chi connectivity index (χ4v) is 3.12. The van der Waals surface area contributed by atoms with Crippen LogP contribution in [-0.2, 0) is 16.1 Å². The summed E-state index contributed by atoms with van der Waals surface area (Å²) in [6.45, 7) is 7.72. The summed E-state index contributed by atoms with van der Waals surface area (Å²) < 4.78 is 10.6. The van der Waals surface area contributed by atoms with Crippen LogP contribution in [0.15, 0.2) is 24.3 Å². The summed E-state index contributed by atoms with van der Waals surface area (Å²) in [5.74, 6) is -0.142. The molecule has 0 aliphatic heterocycles. The van der Waals surface area contributed by atoms with Crippen LogP contribution in [0.25, 0.3) is 0 Å². The van der Waals surface area contributed by atoms with Gasteiger partial charge in [0, 0.05) is 24.8 Å². The van der Waals surface area contributed by atoms with Gasteiger partial charge in [0.25, 0.3) is 5.91 Å². The van der Waals surface area contributed by atoms with E-state index in [4.69, 9.17) is 9.47 Å². The third-order valence-corrected chi connectivity index (χ3v) is 4.52. The maximum absolute atomic E-state index is 12.3.